The van der Waals surface area contributed by atoms with Gasteiger partial charge < -0.3 is 0 Å². The summed E-state index contributed by atoms with van der Waals surface area (Å²) in [6, 6.07) is 6.44. The number of rotatable bonds is 2. The summed E-state index contributed by atoms with van der Waals surface area (Å²) in [6.45, 7) is 4.49. The molecule has 74 valence electrons. The molecule has 1 aromatic heterocycles. The first-order valence-corrected chi connectivity index (χ1v) is 5.14. The molecule has 0 bridgehead atoms. The normalized spacial score (nSPS) is 13.4. The van der Waals surface area contributed by atoms with E-state index in [-0.39, 0.29) is 0 Å². The Morgan fingerprint density at radius 1 is 1.43 bits per heavy atom. The van der Waals surface area contributed by atoms with Crippen molar-refractivity contribution in [3.63, 3.8) is 0 Å². The first-order chi connectivity index (χ1) is 6.74. The molecule has 0 aliphatic rings. The minimum absolute atomic E-state index is 0.606. The van der Waals surface area contributed by atoms with Gasteiger partial charge >= 0.3 is 0 Å². The molecule has 1 aromatic carbocycles. The van der Waals surface area contributed by atoms with Crippen LogP contribution in [0.2, 0.25) is 0 Å². The third-order valence-electron chi connectivity index (χ3n) is 2.94. The first kappa shape index (κ1) is 9.25. The molecule has 2 rings (SSSR count). The zero-order valence-electron chi connectivity index (χ0n) is 8.99. The number of nitrogens with zero attached hydrogens (tertiary/aromatic N) is 2. The van der Waals surface area contributed by atoms with Gasteiger partial charge in [0.25, 0.3) is 0 Å². The van der Waals surface area contributed by atoms with Gasteiger partial charge in [-0.1, -0.05) is 32.0 Å². The zero-order valence-corrected chi connectivity index (χ0v) is 8.99. The fraction of sp³-hybridized carbons (Fsp3) is 0.417. The van der Waals surface area contributed by atoms with Gasteiger partial charge in [-0.15, -0.1) is 0 Å². The largest absolute Gasteiger partial charge is 0.268 e. The van der Waals surface area contributed by atoms with Crippen LogP contribution in [0.15, 0.2) is 24.4 Å². The Bertz CT molecular complexity index is 443. The fourth-order valence-corrected chi connectivity index (χ4v) is 1.88. The van der Waals surface area contributed by atoms with Gasteiger partial charge in [-0.2, -0.15) is 5.10 Å². The van der Waals surface area contributed by atoms with E-state index in [1.165, 1.54) is 22.9 Å². The molecule has 1 heterocycles. The number of benzene rings is 1. The molecule has 0 N–H and O–H groups in total. The highest BCUT2D eigenvalue weighted by Crippen LogP contribution is 2.26. The van der Waals surface area contributed by atoms with E-state index in [1.54, 1.807) is 0 Å². The quantitative estimate of drug-likeness (QED) is 0.708. The summed E-state index contributed by atoms with van der Waals surface area (Å²) in [5.41, 5.74) is 2.69. The van der Waals surface area contributed by atoms with Gasteiger partial charge in [0.1, 0.15) is 0 Å². The van der Waals surface area contributed by atoms with Crippen LogP contribution in [-0.2, 0) is 7.05 Å². The second-order valence-corrected chi connectivity index (χ2v) is 3.86. The van der Waals surface area contributed by atoms with E-state index >= 15 is 0 Å². The monoisotopic (exact) mass is 188 g/mol. The van der Waals surface area contributed by atoms with Crippen LogP contribution in [0, 0.1) is 0 Å². The lowest BCUT2D eigenvalue weighted by atomic mass is 9.97. The molecule has 0 amide bonds. The summed E-state index contributed by atoms with van der Waals surface area (Å²) < 4.78 is 1.97. The van der Waals surface area contributed by atoms with E-state index in [2.05, 4.69) is 37.1 Å². The molecule has 2 aromatic rings. The highest BCUT2D eigenvalue weighted by Gasteiger charge is 2.10. The Balaban J connectivity index is 2.69. The van der Waals surface area contributed by atoms with Crippen molar-refractivity contribution >= 4 is 10.9 Å². The second-order valence-electron chi connectivity index (χ2n) is 3.86. The molecule has 0 radical (unpaired) electrons. The van der Waals surface area contributed by atoms with Crippen LogP contribution in [0.3, 0.4) is 0 Å². The van der Waals surface area contributed by atoms with Gasteiger partial charge in [0, 0.05) is 12.4 Å². The molecular formula is C12H16N2. The predicted octanol–water partition coefficient (Wildman–Crippen LogP) is 3.09. The molecule has 0 aliphatic carbocycles. The molecule has 0 aliphatic heterocycles. The minimum Gasteiger partial charge on any atom is -0.268 e. The average molecular weight is 188 g/mol. The van der Waals surface area contributed by atoms with E-state index in [4.69, 9.17) is 0 Å². The van der Waals surface area contributed by atoms with Crippen LogP contribution in [0.1, 0.15) is 31.7 Å². The molecule has 2 heteroatoms. The standard InChI is InChI=1S/C12H16N2/c1-4-9(2)11-7-5-6-10-8-13-14(3)12(10)11/h5-9H,4H2,1-3H3. The van der Waals surface area contributed by atoms with Crippen LogP contribution in [0.25, 0.3) is 10.9 Å². The highest BCUT2D eigenvalue weighted by atomic mass is 15.2. The third-order valence-corrected chi connectivity index (χ3v) is 2.94. The average Bonchev–Trinajstić information content (AvgIpc) is 2.59. The van der Waals surface area contributed by atoms with E-state index in [0.717, 1.165) is 0 Å². The lowest BCUT2D eigenvalue weighted by molar-refractivity contribution is 0.723. The molecular weight excluding hydrogens is 172 g/mol. The van der Waals surface area contributed by atoms with Gasteiger partial charge in [0.05, 0.1) is 11.7 Å². The minimum atomic E-state index is 0.606. The van der Waals surface area contributed by atoms with Gasteiger partial charge in [-0.05, 0) is 17.9 Å². The number of para-hydroxylation sites is 1. The van der Waals surface area contributed by atoms with E-state index in [1.807, 2.05) is 17.9 Å². The topological polar surface area (TPSA) is 17.8 Å². The summed E-state index contributed by atoms with van der Waals surface area (Å²) in [4.78, 5) is 0. The molecule has 14 heavy (non-hydrogen) atoms. The summed E-state index contributed by atoms with van der Waals surface area (Å²) in [7, 11) is 2.01. The Morgan fingerprint density at radius 3 is 2.93 bits per heavy atom. The van der Waals surface area contributed by atoms with Crippen LogP contribution in [0.5, 0.6) is 0 Å². The van der Waals surface area contributed by atoms with Crippen molar-refractivity contribution in [2.75, 3.05) is 0 Å². The van der Waals surface area contributed by atoms with E-state index < -0.39 is 0 Å². The van der Waals surface area contributed by atoms with Gasteiger partial charge in [0.15, 0.2) is 0 Å². The smallest absolute Gasteiger partial charge is 0.0713 e. The second kappa shape index (κ2) is 3.45. The van der Waals surface area contributed by atoms with Crippen molar-refractivity contribution < 1.29 is 0 Å². The van der Waals surface area contributed by atoms with Crippen molar-refractivity contribution in [2.24, 2.45) is 7.05 Å². The highest BCUT2D eigenvalue weighted by molar-refractivity contribution is 5.82. The Hall–Kier alpha value is -1.31. The third kappa shape index (κ3) is 1.31. The van der Waals surface area contributed by atoms with E-state index in [0.29, 0.717) is 5.92 Å². The molecule has 1 atom stereocenters. The molecule has 1 unspecified atom stereocenters. The van der Waals surface area contributed by atoms with Crippen LogP contribution >= 0.6 is 0 Å². The molecule has 0 spiro atoms. The van der Waals surface area contributed by atoms with Crippen LogP contribution in [0.4, 0.5) is 0 Å². The predicted molar refractivity (Wildman–Crippen MR) is 59.4 cm³/mol. The lowest BCUT2D eigenvalue weighted by Gasteiger charge is -2.11. The van der Waals surface area contributed by atoms with Crippen molar-refractivity contribution in [2.45, 2.75) is 26.2 Å². The molecule has 0 saturated carbocycles. The SMILES string of the molecule is CCC(C)c1cccc2cnn(C)c12. The summed E-state index contributed by atoms with van der Waals surface area (Å²) in [6.07, 6.45) is 3.10. The maximum atomic E-state index is 4.29. The maximum absolute atomic E-state index is 4.29. The first-order valence-electron chi connectivity index (χ1n) is 5.14. The van der Waals surface area contributed by atoms with Crippen molar-refractivity contribution in [1.29, 1.82) is 0 Å². The summed E-state index contributed by atoms with van der Waals surface area (Å²) in [5, 5.41) is 5.53. The number of fused-ring (bicyclic) bond motifs is 1. The molecule has 0 saturated heterocycles. The molecule has 0 fully saturated rings. The van der Waals surface area contributed by atoms with Crippen molar-refractivity contribution in [3.8, 4) is 0 Å². The van der Waals surface area contributed by atoms with Crippen LogP contribution < -0.4 is 0 Å². The fourth-order valence-electron chi connectivity index (χ4n) is 1.88. The number of aromatic nitrogens is 2. The van der Waals surface area contributed by atoms with Gasteiger partial charge in [-0.3, -0.25) is 4.68 Å². The lowest BCUT2D eigenvalue weighted by Crippen LogP contribution is -1.97. The Labute approximate surface area is 84.5 Å². The number of hydrogen-bond acceptors (Lipinski definition) is 1. The molecule has 2 nitrogen and oxygen atoms in total. The van der Waals surface area contributed by atoms with Crippen LogP contribution in [-0.4, -0.2) is 9.78 Å². The maximum Gasteiger partial charge on any atom is 0.0713 e. The van der Waals surface area contributed by atoms with Gasteiger partial charge in [0.2, 0.25) is 0 Å². The number of hydrogen-bond donors (Lipinski definition) is 0. The van der Waals surface area contributed by atoms with Crippen molar-refractivity contribution in [1.82, 2.24) is 9.78 Å². The Morgan fingerprint density at radius 2 is 2.21 bits per heavy atom. The number of aryl methyl sites for hydroxylation is 1. The summed E-state index contributed by atoms with van der Waals surface area (Å²) >= 11 is 0. The zero-order chi connectivity index (χ0) is 10.1. The van der Waals surface area contributed by atoms with E-state index in [9.17, 15) is 0 Å². The van der Waals surface area contributed by atoms with Crippen molar-refractivity contribution in [3.05, 3.63) is 30.0 Å². The van der Waals surface area contributed by atoms with Gasteiger partial charge in [-0.25, -0.2) is 0 Å². The summed E-state index contributed by atoms with van der Waals surface area (Å²) in [5.74, 6) is 0.606. The Kier molecular flexibility index (Phi) is 2.28.